The van der Waals surface area contributed by atoms with Crippen LogP contribution in [0.15, 0.2) is 48.5 Å². The Morgan fingerprint density at radius 2 is 1.34 bits per heavy atom. The van der Waals surface area contributed by atoms with Crippen LogP contribution in [0.2, 0.25) is 0 Å². The topological polar surface area (TPSA) is 195 Å². The highest BCUT2D eigenvalue weighted by Gasteiger charge is 2.43. The molecular weight excluding hydrogens is 636 g/mol. The van der Waals surface area contributed by atoms with Crippen molar-refractivity contribution in [3.05, 3.63) is 79.9 Å². The van der Waals surface area contributed by atoms with Crippen LogP contribution in [0.1, 0.15) is 36.8 Å². The Kier molecular flexibility index (Phi) is 10.4. The highest BCUT2D eigenvalue weighted by atomic mass is 32.1. The van der Waals surface area contributed by atoms with Gasteiger partial charge in [0.2, 0.25) is 11.8 Å². The van der Waals surface area contributed by atoms with Crippen molar-refractivity contribution in [3.8, 4) is 0 Å². The summed E-state index contributed by atoms with van der Waals surface area (Å²) >= 11 is 4.49. The molecule has 3 saturated heterocycles. The number of thiol groups is 1. The fraction of sp³-hybridized carbons (Fsp3) is 0.467. The molecule has 47 heavy (non-hydrogen) atoms. The van der Waals surface area contributed by atoms with Crippen LogP contribution in [0.5, 0.6) is 0 Å². The molecule has 17 heteroatoms. The molecular formula is C30H34N6O10S. The van der Waals surface area contributed by atoms with Crippen LogP contribution in [0, 0.1) is 20.2 Å². The zero-order valence-corrected chi connectivity index (χ0v) is 26.2. The second-order valence-corrected chi connectivity index (χ2v) is 12.4. The van der Waals surface area contributed by atoms with Crippen LogP contribution in [-0.4, -0.2) is 98.1 Å². The average Bonchev–Trinajstić information content (AvgIpc) is 3.83. The molecule has 250 valence electrons. The molecule has 4 amide bonds. The molecule has 16 nitrogen and oxygen atoms in total. The molecule has 3 aliphatic heterocycles. The number of benzene rings is 2. The van der Waals surface area contributed by atoms with Crippen molar-refractivity contribution in [3.63, 3.8) is 0 Å². The third-order valence-corrected chi connectivity index (χ3v) is 8.83. The summed E-state index contributed by atoms with van der Waals surface area (Å²) in [4.78, 5) is 77.4. The van der Waals surface area contributed by atoms with Gasteiger partial charge in [0.1, 0.15) is 25.3 Å². The molecule has 0 radical (unpaired) electrons. The van der Waals surface area contributed by atoms with Crippen LogP contribution in [0.3, 0.4) is 0 Å². The van der Waals surface area contributed by atoms with Gasteiger partial charge in [0.25, 0.3) is 11.4 Å². The monoisotopic (exact) mass is 670 g/mol. The molecule has 2 aromatic rings. The molecule has 5 rings (SSSR count). The Bertz CT molecular complexity index is 1520. The number of hydrogen-bond acceptors (Lipinski definition) is 11. The Balaban J connectivity index is 1.10. The molecule has 0 aromatic heterocycles. The summed E-state index contributed by atoms with van der Waals surface area (Å²) in [6.45, 7) is 0.944. The van der Waals surface area contributed by atoms with Crippen molar-refractivity contribution in [2.75, 3.05) is 26.2 Å². The molecule has 3 fully saturated rings. The Morgan fingerprint density at radius 3 is 1.89 bits per heavy atom. The van der Waals surface area contributed by atoms with E-state index in [2.05, 4.69) is 17.9 Å². The van der Waals surface area contributed by atoms with Crippen molar-refractivity contribution in [1.29, 1.82) is 0 Å². The maximum Gasteiger partial charge on any atom is 0.410 e. The molecule has 1 unspecified atom stereocenters. The fourth-order valence-corrected chi connectivity index (χ4v) is 6.35. The number of amides is 4. The summed E-state index contributed by atoms with van der Waals surface area (Å²) in [5, 5.41) is 24.4. The summed E-state index contributed by atoms with van der Waals surface area (Å²) < 4.78 is 10.8. The third kappa shape index (κ3) is 8.08. The van der Waals surface area contributed by atoms with E-state index in [1.54, 1.807) is 4.90 Å². The number of nitrogens with zero attached hydrogens (tertiary/aromatic N) is 5. The molecule has 0 aliphatic carbocycles. The first-order valence-electron chi connectivity index (χ1n) is 15.1. The number of hydrogen-bond donors (Lipinski definition) is 2. The first-order valence-corrected chi connectivity index (χ1v) is 15.6. The molecule has 3 heterocycles. The van der Waals surface area contributed by atoms with Crippen LogP contribution in [0.25, 0.3) is 0 Å². The van der Waals surface area contributed by atoms with E-state index in [9.17, 15) is 39.4 Å². The molecule has 4 atom stereocenters. The number of ether oxygens (including phenoxy) is 2. The summed E-state index contributed by atoms with van der Waals surface area (Å²) in [5.74, 6) is -0.621. The second kappa shape index (κ2) is 14.7. The number of non-ortho nitro benzene ring substituents is 2. The van der Waals surface area contributed by atoms with Crippen molar-refractivity contribution in [2.45, 2.75) is 62.3 Å². The molecule has 0 spiro atoms. The first-order chi connectivity index (χ1) is 22.5. The lowest BCUT2D eigenvalue weighted by Crippen LogP contribution is -2.51. The third-order valence-electron chi connectivity index (χ3n) is 8.45. The lowest BCUT2D eigenvalue weighted by Gasteiger charge is -2.28. The highest BCUT2D eigenvalue weighted by Crippen LogP contribution is 2.27. The number of nitro benzene ring substituents is 2. The van der Waals surface area contributed by atoms with Gasteiger partial charge in [-0.2, -0.15) is 12.6 Å². The van der Waals surface area contributed by atoms with Gasteiger partial charge in [0.05, 0.1) is 9.85 Å². The lowest BCUT2D eigenvalue weighted by molar-refractivity contribution is -0.385. The van der Waals surface area contributed by atoms with E-state index in [-0.39, 0.29) is 60.8 Å². The smallest absolute Gasteiger partial charge is 0.410 e. The molecule has 1 N–H and O–H groups in total. The zero-order valence-electron chi connectivity index (χ0n) is 25.3. The maximum atomic E-state index is 13.5. The molecule has 3 aliphatic rings. The maximum absolute atomic E-state index is 13.5. The second-order valence-electron chi connectivity index (χ2n) is 11.6. The van der Waals surface area contributed by atoms with Gasteiger partial charge in [-0.3, -0.25) is 39.6 Å². The largest absolute Gasteiger partial charge is 0.445 e. The minimum atomic E-state index is -0.785. The molecule has 0 saturated carbocycles. The minimum Gasteiger partial charge on any atom is -0.445 e. The van der Waals surface area contributed by atoms with Gasteiger partial charge in [-0.25, -0.2) is 9.59 Å². The van der Waals surface area contributed by atoms with E-state index in [1.165, 1.54) is 58.3 Å². The first kappa shape index (κ1) is 33.4. The van der Waals surface area contributed by atoms with E-state index in [4.69, 9.17) is 9.47 Å². The standard InChI is InChI=1S/C30H34N6O10S/c37-27(25-2-1-12-33(25)29(39)45-17-19-3-7-22(8-4-19)35(41)42)31-21-11-13-32(15-21)28(38)26-14-24(47)16-34(26)30(40)46-18-20-5-9-23(10-6-20)36(43)44/h3-10,21,24-26,47H,1-2,11-18H2,(H,31,37)/t21-,24?,25+,26-/m0/s1. The fourth-order valence-electron chi connectivity index (χ4n) is 5.98. The molecule has 0 bridgehead atoms. The lowest BCUT2D eigenvalue weighted by atomic mass is 10.1. The van der Waals surface area contributed by atoms with Crippen LogP contribution < -0.4 is 5.32 Å². The van der Waals surface area contributed by atoms with Crippen molar-refractivity contribution >= 4 is 48.0 Å². The Morgan fingerprint density at radius 1 is 0.787 bits per heavy atom. The zero-order chi connectivity index (χ0) is 33.7. The van der Waals surface area contributed by atoms with E-state index < -0.39 is 34.1 Å². The quantitative estimate of drug-likeness (QED) is 0.227. The van der Waals surface area contributed by atoms with Gasteiger partial charge in [-0.15, -0.1) is 0 Å². The number of likely N-dealkylation sites (tertiary alicyclic amines) is 3. The van der Waals surface area contributed by atoms with Gasteiger partial charge >= 0.3 is 12.2 Å². The summed E-state index contributed by atoms with van der Waals surface area (Å²) in [6, 6.07) is 9.40. The number of carbonyl (C=O) groups is 4. The van der Waals surface area contributed by atoms with E-state index in [0.29, 0.717) is 49.9 Å². The average molecular weight is 671 g/mol. The van der Waals surface area contributed by atoms with Crippen molar-refractivity contribution in [2.24, 2.45) is 0 Å². The van der Waals surface area contributed by atoms with Gasteiger partial charge in [-0.1, -0.05) is 0 Å². The van der Waals surface area contributed by atoms with Gasteiger partial charge in [0.15, 0.2) is 0 Å². The van der Waals surface area contributed by atoms with Gasteiger partial charge in [0, 0.05) is 61.7 Å². The van der Waals surface area contributed by atoms with Gasteiger partial charge in [-0.05, 0) is 61.1 Å². The SMILES string of the molecule is O=C(N[C@H]1CCN(C(=O)[C@@H]2CC(S)CN2C(=O)OCc2ccc([N+](=O)[O-])cc2)C1)[C@H]1CCCN1C(=O)OCc1ccc([N+](=O)[O-])cc1. The summed E-state index contributed by atoms with van der Waals surface area (Å²) in [5.41, 5.74) is 0.977. The normalized spacial score (nSPS) is 22.2. The van der Waals surface area contributed by atoms with E-state index in [1.807, 2.05) is 0 Å². The van der Waals surface area contributed by atoms with Crippen molar-refractivity contribution < 1.29 is 38.5 Å². The van der Waals surface area contributed by atoms with E-state index >= 15 is 0 Å². The predicted octanol–water partition coefficient (Wildman–Crippen LogP) is 3.03. The summed E-state index contributed by atoms with van der Waals surface area (Å²) in [6.07, 6.45) is 0.549. The van der Waals surface area contributed by atoms with Crippen LogP contribution in [-0.2, 0) is 32.3 Å². The van der Waals surface area contributed by atoms with Crippen LogP contribution >= 0.6 is 12.6 Å². The minimum absolute atomic E-state index is 0.0747. The summed E-state index contributed by atoms with van der Waals surface area (Å²) in [7, 11) is 0. The Labute approximate surface area is 274 Å². The Hall–Kier alpha value is -4.93. The van der Waals surface area contributed by atoms with E-state index in [0.717, 1.165) is 0 Å². The number of rotatable bonds is 9. The van der Waals surface area contributed by atoms with Crippen molar-refractivity contribution in [1.82, 2.24) is 20.0 Å². The van der Waals surface area contributed by atoms with Gasteiger partial charge < -0.3 is 19.7 Å². The van der Waals surface area contributed by atoms with Crippen LogP contribution in [0.4, 0.5) is 21.0 Å². The predicted molar refractivity (Wildman–Crippen MR) is 167 cm³/mol. The number of nitro groups is 2. The number of nitrogens with one attached hydrogen (secondary N) is 1. The highest BCUT2D eigenvalue weighted by molar-refractivity contribution is 7.81. The number of carbonyl (C=O) groups excluding carboxylic acids is 4. The molecule has 2 aromatic carbocycles.